The zero-order chi connectivity index (χ0) is 25.8. The maximum Gasteiger partial charge on any atom is 0.341 e. The van der Waals surface area contributed by atoms with E-state index in [1.54, 1.807) is 48.8 Å². The lowest BCUT2D eigenvalue weighted by Crippen LogP contribution is -2.13. The number of hydrogen-bond acceptors (Lipinski definition) is 6. The van der Waals surface area contributed by atoms with Crippen LogP contribution in [0.1, 0.15) is 57.5 Å². The maximum absolute atomic E-state index is 13.0. The zero-order valence-corrected chi connectivity index (χ0v) is 21.8. The van der Waals surface area contributed by atoms with Gasteiger partial charge in [0.05, 0.1) is 19.3 Å². The Hall–Kier alpha value is -3.83. The second-order valence-corrected chi connectivity index (χ2v) is 9.71. The summed E-state index contributed by atoms with van der Waals surface area (Å²) >= 11 is 1.63. The molecule has 0 fully saturated rings. The number of fused-ring (bicyclic) bond motifs is 1. The monoisotopic (exact) mass is 503 g/mol. The van der Waals surface area contributed by atoms with Gasteiger partial charge in [-0.15, -0.1) is 11.3 Å². The molecule has 3 aromatic rings. The molecule has 0 aliphatic heterocycles. The van der Waals surface area contributed by atoms with E-state index in [1.807, 2.05) is 37.5 Å². The summed E-state index contributed by atoms with van der Waals surface area (Å²) in [5.74, 6) is -0.117. The third-order valence-electron chi connectivity index (χ3n) is 6.32. The largest absolute Gasteiger partial charge is 0.497 e. The minimum Gasteiger partial charge on any atom is -0.497 e. The molecule has 0 spiro atoms. The van der Waals surface area contributed by atoms with Gasteiger partial charge >= 0.3 is 5.97 Å². The van der Waals surface area contributed by atoms with Gasteiger partial charge in [-0.1, -0.05) is 0 Å². The molecule has 2 aromatic heterocycles. The minimum atomic E-state index is -0.494. The van der Waals surface area contributed by atoms with E-state index in [1.165, 1.54) is 4.88 Å². The smallest absolute Gasteiger partial charge is 0.341 e. The van der Waals surface area contributed by atoms with Crippen LogP contribution in [0.3, 0.4) is 0 Å². The Bertz CT molecular complexity index is 1370. The van der Waals surface area contributed by atoms with Crippen LogP contribution >= 0.6 is 11.3 Å². The zero-order valence-electron chi connectivity index (χ0n) is 20.9. The Morgan fingerprint density at radius 3 is 2.58 bits per heavy atom. The number of nitriles is 1. The van der Waals surface area contributed by atoms with E-state index in [2.05, 4.69) is 5.32 Å². The first-order chi connectivity index (χ1) is 17.4. The van der Waals surface area contributed by atoms with Crippen LogP contribution in [0.25, 0.3) is 11.1 Å². The topological polar surface area (TPSA) is 93.4 Å². The maximum atomic E-state index is 13.0. The highest BCUT2D eigenvalue weighted by atomic mass is 32.1. The van der Waals surface area contributed by atoms with E-state index < -0.39 is 5.91 Å². The van der Waals surface area contributed by atoms with Gasteiger partial charge < -0.3 is 19.4 Å². The van der Waals surface area contributed by atoms with E-state index in [4.69, 9.17) is 9.47 Å². The van der Waals surface area contributed by atoms with Crippen LogP contribution in [0.15, 0.2) is 35.9 Å². The molecule has 0 atom stereocenters. The fraction of sp³-hybridized carbons (Fsp3) is 0.321. The molecule has 7 nitrogen and oxygen atoms in total. The predicted octanol–water partition coefficient (Wildman–Crippen LogP) is 5.77. The average Bonchev–Trinajstić information content (AvgIpc) is 3.38. The number of hydrogen-bond donors (Lipinski definition) is 1. The Labute approximate surface area is 215 Å². The molecular formula is C28H29N3O4S. The summed E-state index contributed by atoms with van der Waals surface area (Å²) in [6, 6.07) is 10.9. The van der Waals surface area contributed by atoms with Crippen molar-refractivity contribution in [3.63, 3.8) is 0 Å². The van der Waals surface area contributed by atoms with Gasteiger partial charge in [0.25, 0.3) is 5.91 Å². The number of nitrogens with one attached hydrogen (secondary N) is 1. The van der Waals surface area contributed by atoms with Crippen LogP contribution in [-0.4, -0.2) is 30.2 Å². The number of carbonyl (C=O) groups excluding carboxylic acids is 2. The SMILES string of the molecule is CCOC(=O)c1c(-n2c(C)cc(/C=C(\C#N)C(=O)Nc3ccc(OC)cc3)c2C)sc2c1CCCC2. The van der Waals surface area contributed by atoms with Gasteiger partial charge in [0.2, 0.25) is 0 Å². The summed E-state index contributed by atoms with van der Waals surface area (Å²) in [7, 11) is 1.57. The normalized spacial score (nSPS) is 13.0. The molecule has 1 N–H and O–H groups in total. The quantitative estimate of drug-likeness (QED) is 0.251. The van der Waals surface area contributed by atoms with Crippen LogP contribution < -0.4 is 10.1 Å². The van der Waals surface area contributed by atoms with Gasteiger partial charge in [-0.3, -0.25) is 4.79 Å². The van der Waals surface area contributed by atoms with E-state index in [0.717, 1.165) is 53.2 Å². The molecule has 0 radical (unpaired) electrons. The van der Waals surface area contributed by atoms with Crippen LogP contribution in [0, 0.1) is 25.2 Å². The molecule has 0 unspecified atom stereocenters. The van der Waals surface area contributed by atoms with Gasteiger partial charge in [0.15, 0.2) is 0 Å². The molecule has 1 aliphatic rings. The Morgan fingerprint density at radius 1 is 1.19 bits per heavy atom. The van der Waals surface area contributed by atoms with E-state index in [0.29, 0.717) is 23.6 Å². The van der Waals surface area contributed by atoms with Gasteiger partial charge in [-0.2, -0.15) is 5.26 Å². The number of ether oxygens (including phenoxy) is 2. The molecule has 186 valence electrons. The number of aromatic nitrogens is 1. The van der Waals surface area contributed by atoms with Crippen molar-refractivity contribution in [1.82, 2.24) is 4.57 Å². The molecule has 1 aromatic carbocycles. The van der Waals surface area contributed by atoms with Crippen molar-refractivity contribution >= 4 is 35.0 Å². The molecule has 0 saturated heterocycles. The molecule has 1 aliphatic carbocycles. The Morgan fingerprint density at radius 2 is 1.92 bits per heavy atom. The second kappa shape index (κ2) is 10.8. The number of aryl methyl sites for hydroxylation is 2. The minimum absolute atomic E-state index is 0.0119. The highest BCUT2D eigenvalue weighted by Gasteiger charge is 2.28. The number of benzene rings is 1. The van der Waals surface area contributed by atoms with Crippen molar-refractivity contribution < 1.29 is 19.1 Å². The first-order valence-corrected chi connectivity index (χ1v) is 12.8. The number of thiophene rings is 1. The third-order valence-corrected chi connectivity index (χ3v) is 7.60. The second-order valence-electron chi connectivity index (χ2n) is 8.63. The highest BCUT2D eigenvalue weighted by molar-refractivity contribution is 7.15. The Kier molecular flexibility index (Phi) is 7.61. The van der Waals surface area contributed by atoms with E-state index in [-0.39, 0.29) is 11.5 Å². The lowest BCUT2D eigenvalue weighted by molar-refractivity contribution is -0.112. The van der Waals surface area contributed by atoms with Crippen molar-refractivity contribution in [2.75, 3.05) is 19.0 Å². The van der Waals surface area contributed by atoms with E-state index in [9.17, 15) is 14.9 Å². The van der Waals surface area contributed by atoms with Crippen molar-refractivity contribution in [1.29, 1.82) is 5.26 Å². The predicted molar refractivity (Wildman–Crippen MR) is 141 cm³/mol. The first kappa shape index (κ1) is 25.3. The molecule has 8 heteroatoms. The number of amides is 1. The van der Waals surface area contributed by atoms with Gasteiger partial charge in [-0.25, -0.2) is 4.79 Å². The van der Waals surface area contributed by atoms with Crippen LogP contribution in [-0.2, 0) is 22.4 Å². The summed E-state index contributed by atoms with van der Waals surface area (Å²) in [4.78, 5) is 27.0. The van der Waals surface area contributed by atoms with Crippen molar-refractivity contribution in [3.05, 3.63) is 68.9 Å². The summed E-state index contributed by atoms with van der Waals surface area (Å²) in [5, 5.41) is 13.3. The molecular weight excluding hydrogens is 474 g/mol. The number of anilines is 1. The fourth-order valence-electron chi connectivity index (χ4n) is 4.55. The van der Waals surface area contributed by atoms with Crippen LogP contribution in [0.4, 0.5) is 5.69 Å². The van der Waals surface area contributed by atoms with Crippen molar-refractivity contribution in [2.45, 2.75) is 46.5 Å². The number of carbonyl (C=O) groups is 2. The average molecular weight is 504 g/mol. The van der Waals surface area contributed by atoms with Gasteiger partial charge in [0.1, 0.15) is 22.4 Å². The highest BCUT2D eigenvalue weighted by Crippen LogP contribution is 2.39. The third kappa shape index (κ3) is 4.93. The summed E-state index contributed by atoms with van der Waals surface area (Å²) < 4.78 is 12.6. The molecule has 0 bridgehead atoms. The van der Waals surface area contributed by atoms with E-state index >= 15 is 0 Å². The molecule has 2 heterocycles. The Balaban J connectivity index is 1.70. The van der Waals surface area contributed by atoms with Crippen molar-refractivity contribution in [3.8, 4) is 16.8 Å². The molecule has 1 amide bonds. The number of nitrogens with zero attached hydrogens (tertiary/aromatic N) is 2. The number of methoxy groups -OCH3 is 1. The lowest BCUT2D eigenvalue weighted by Gasteiger charge is -2.13. The first-order valence-electron chi connectivity index (χ1n) is 12.0. The summed E-state index contributed by atoms with van der Waals surface area (Å²) in [6.45, 7) is 6.02. The number of esters is 1. The lowest BCUT2D eigenvalue weighted by atomic mass is 9.95. The summed E-state index contributed by atoms with van der Waals surface area (Å²) in [5.41, 5.74) is 4.80. The van der Waals surface area contributed by atoms with Gasteiger partial charge in [0, 0.05) is 22.0 Å². The standard InChI is InChI=1S/C28H29N3O4S/c1-5-35-28(33)25-23-8-6-7-9-24(23)36-27(25)31-17(2)14-19(18(31)3)15-20(16-29)26(32)30-21-10-12-22(34-4)13-11-21/h10-15H,5-9H2,1-4H3,(H,30,32)/b20-15+. The summed E-state index contributed by atoms with van der Waals surface area (Å²) in [6.07, 6.45) is 5.60. The van der Waals surface area contributed by atoms with Crippen molar-refractivity contribution in [2.24, 2.45) is 0 Å². The van der Waals surface area contributed by atoms with Crippen LogP contribution in [0.2, 0.25) is 0 Å². The molecule has 0 saturated carbocycles. The molecule has 4 rings (SSSR count). The fourth-order valence-corrected chi connectivity index (χ4v) is 6.03. The number of rotatable bonds is 7. The molecule has 36 heavy (non-hydrogen) atoms. The van der Waals surface area contributed by atoms with Crippen LogP contribution in [0.5, 0.6) is 5.75 Å². The van der Waals surface area contributed by atoms with Gasteiger partial charge in [-0.05, 0) is 94.0 Å².